The van der Waals surface area contributed by atoms with Crippen LogP contribution in [0.25, 0.3) is 21.8 Å². The number of nitrogens with one attached hydrogen (secondary N) is 3. The van der Waals surface area contributed by atoms with E-state index in [1.807, 2.05) is 24.4 Å². The number of aromatic amines is 2. The Hall–Kier alpha value is -3.46. The van der Waals surface area contributed by atoms with Crippen molar-refractivity contribution in [3.8, 4) is 11.5 Å². The zero-order valence-electron chi connectivity index (χ0n) is 17.2. The Balaban J connectivity index is 1.33. The number of methoxy groups -OCH3 is 2. The SMILES string of the molecule is COc1cc2nc(CSCCNC(=O)c3ccc4[nH]ccc4c3)[nH]c(=O)c2cc1OC. The molecular formula is C22H22N4O4S. The predicted molar refractivity (Wildman–Crippen MR) is 122 cm³/mol. The number of ether oxygens (including phenoxy) is 2. The Morgan fingerprint density at radius 2 is 1.94 bits per heavy atom. The van der Waals surface area contributed by atoms with Crippen molar-refractivity contribution in [3.05, 3.63) is 64.3 Å². The van der Waals surface area contributed by atoms with E-state index in [1.54, 1.807) is 30.0 Å². The quantitative estimate of drug-likeness (QED) is 0.365. The summed E-state index contributed by atoms with van der Waals surface area (Å²) < 4.78 is 10.5. The minimum absolute atomic E-state index is 0.109. The average Bonchev–Trinajstić information content (AvgIpc) is 3.25. The molecule has 4 rings (SSSR count). The Kier molecular flexibility index (Phi) is 6.13. The molecule has 0 radical (unpaired) electrons. The monoisotopic (exact) mass is 438 g/mol. The number of carbonyl (C=O) groups is 1. The Bertz CT molecular complexity index is 1300. The lowest BCUT2D eigenvalue weighted by atomic mass is 10.1. The van der Waals surface area contributed by atoms with Crippen LogP contribution in [-0.2, 0) is 5.75 Å². The number of carbonyl (C=O) groups excluding carboxylic acids is 1. The lowest BCUT2D eigenvalue weighted by molar-refractivity contribution is 0.0956. The van der Waals surface area contributed by atoms with Gasteiger partial charge in [-0.2, -0.15) is 11.8 Å². The highest BCUT2D eigenvalue weighted by molar-refractivity contribution is 7.98. The maximum absolute atomic E-state index is 12.4. The molecule has 4 aromatic rings. The zero-order valence-corrected chi connectivity index (χ0v) is 18.0. The highest BCUT2D eigenvalue weighted by Crippen LogP contribution is 2.30. The largest absolute Gasteiger partial charge is 0.493 e. The van der Waals surface area contributed by atoms with Crippen LogP contribution in [0.2, 0.25) is 0 Å². The first kappa shape index (κ1) is 20.8. The van der Waals surface area contributed by atoms with Crippen molar-refractivity contribution in [2.45, 2.75) is 5.75 Å². The summed E-state index contributed by atoms with van der Waals surface area (Å²) in [5, 5.41) is 4.36. The molecule has 0 atom stereocenters. The molecular weight excluding hydrogens is 416 g/mol. The maximum Gasteiger partial charge on any atom is 0.258 e. The topological polar surface area (TPSA) is 109 Å². The fraction of sp³-hybridized carbons (Fsp3) is 0.227. The van der Waals surface area contributed by atoms with Gasteiger partial charge in [-0.15, -0.1) is 0 Å². The van der Waals surface area contributed by atoms with E-state index in [2.05, 4.69) is 20.3 Å². The molecule has 1 amide bonds. The molecule has 3 N–H and O–H groups in total. The van der Waals surface area contributed by atoms with E-state index in [9.17, 15) is 9.59 Å². The van der Waals surface area contributed by atoms with Crippen LogP contribution < -0.4 is 20.3 Å². The molecule has 31 heavy (non-hydrogen) atoms. The van der Waals surface area contributed by atoms with Gasteiger partial charge in [0, 0.05) is 41.0 Å². The first-order valence-corrected chi connectivity index (χ1v) is 10.8. The number of fused-ring (bicyclic) bond motifs is 2. The molecule has 2 aromatic heterocycles. The lowest BCUT2D eigenvalue weighted by Crippen LogP contribution is -2.25. The van der Waals surface area contributed by atoms with Gasteiger partial charge in [0.2, 0.25) is 0 Å². The molecule has 0 bridgehead atoms. The van der Waals surface area contributed by atoms with E-state index < -0.39 is 0 Å². The fourth-order valence-electron chi connectivity index (χ4n) is 3.28. The maximum atomic E-state index is 12.4. The van der Waals surface area contributed by atoms with Gasteiger partial charge in [-0.3, -0.25) is 9.59 Å². The molecule has 0 saturated carbocycles. The fourth-order valence-corrected chi connectivity index (χ4v) is 4.01. The van der Waals surface area contributed by atoms with E-state index in [1.165, 1.54) is 14.2 Å². The number of hydrogen-bond acceptors (Lipinski definition) is 6. The number of hydrogen-bond donors (Lipinski definition) is 3. The van der Waals surface area contributed by atoms with E-state index in [0.717, 1.165) is 10.9 Å². The molecule has 8 nitrogen and oxygen atoms in total. The summed E-state index contributed by atoms with van der Waals surface area (Å²) in [5.41, 5.74) is 1.95. The van der Waals surface area contributed by atoms with Crippen molar-refractivity contribution in [2.75, 3.05) is 26.5 Å². The second-order valence-corrected chi connectivity index (χ2v) is 7.93. The van der Waals surface area contributed by atoms with Crippen LogP contribution in [-0.4, -0.2) is 47.4 Å². The van der Waals surface area contributed by atoms with Gasteiger partial charge < -0.3 is 24.8 Å². The van der Waals surface area contributed by atoms with Gasteiger partial charge in [0.1, 0.15) is 5.82 Å². The second-order valence-electron chi connectivity index (χ2n) is 6.83. The third-order valence-electron chi connectivity index (χ3n) is 4.85. The van der Waals surface area contributed by atoms with Gasteiger partial charge in [-0.05, 0) is 30.3 Å². The summed E-state index contributed by atoms with van der Waals surface area (Å²) in [6.45, 7) is 0.511. The zero-order chi connectivity index (χ0) is 21.8. The van der Waals surface area contributed by atoms with Gasteiger partial charge in [-0.25, -0.2) is 4.98 Å². The van der Waals surface area contributed by atoms with Crippen molar-refractivity contribution in [1.82, 2.24) is 20.3 Å². The van der Waals surface area contributed by atoms with E-state index >= 15 is 0 Å². The summed E-state index contributed by atoms with van der Waals surface area (Å²) >= 11 is 1.57. The Labute approximate surface area is 182 Å². The van der Waals surface area contributed by atoms with Crippen molar-refractivity contribution < 1.29 is 14.3 Å². The van der Waals surface area contributed by atoms with Crippen LogP contribution in [0.1, 0.15) is 16.2 Å². The predicted octanol–water partition coefficient (Wildman–Crippen LogP) is 3.08. The number of aromatic nitrogens is 3. The Morgan fingerprint density at radius 1 is 1.13 bits per heavy atom. The second kappa shape index (κ2) is 9.13. The molecule has 0 unspecified atom stereocenters. The summed E-state index contributed by atoms with van der Waals surface area (Å²) in [5.74, 6) is 2.67. The van der Waals surface area contributed by atoms with E-state index in [0.29, 0.717) is 51.8 Å². The van der Waals surface area contributed by atoms with Gasteiger partial charge in [0.15, 0.2) is 11.5 Å². The first-order chi connectivity index (χ1) is 15.1. The third-order valence-corrected chi connectivity index (χ3v) is 5.82. The van der Waals surface area contributed by atoms with Gasteiger partial charge in [-0.1, -0.05) is 0 Å². The third kappa shape index (κ3) is 4.51. The Morgan fingerprint density at radius 3 is 2.74 bits per heavy atom. The minimum Gasteiger partial charge on any atom is -0.493 e. The minimum atomic E-state index is -0.227. The first-order valence-electron chi connectivity index (χ1n) is 9.67. The average molecular weight is 439 g/mol. The van der Waals surface area contributed by atoms with E-state index in [4.69, 9.17) is 9.47 Å². The van der Waals surface area contributed by atoms with Crippen LogP contribution in [0.3, 0.4) is 0 Å². The van der Waals surface area contributed by atoms with Gasteiger partial charge in [0.05, 0.1) is 30.9 Å². The number of rotatable bonds is 8. The molecule has 0 aliphatic heterocycles. The molecule has 0 aliphatic rings. The van der Waals surface area contributed by atoms with Gasteiger partial charge in [0.25, 0.3) is 11.5 Å². The van der Waals surface area contributed by atoms with Crippen LogP contribution >= 0.6 is 11.8 Å². The van der Waals surface area contributed by atoms with Crippen molar-refractivity contribution in [3.63, 3.8) is 0 Å². The molecule has 2 heterocycles. The molecule has 2 aromatic carbocycles. The van der Waals surface area contributed by atoms with Gasteiger partial charge >= 0.3 is 0 Å². The molecule has 0 aliphatic carbocycles. The summed E-state index contributed by atoms with van der Waals surface area (Å²) in [6.07, 6.45) is 1.85. The highest BCUT2D eigenvalue weighted by atomic mass is 32.2. The number of benzene rings is 2. The molecule has 0 spiro atoms. The van der Waals surface area contributed by atoms with Crippen molar-refractivity contribution in [1.29, 1.82) is 0 Å². The summed E-state index contributed by atoms with van der Waals surface area (Å²) in [6, 6.07) is 10.8. The van der Waals surface area contributed by atoms with E-state index in [-0.39, 0.29) is 11.5 Å². The van der Waals surface area contributed by atoms with Crippen molar-refractivity contribution in [2.24, 2.45) is 0 Å². The number of thioether (sulfide) groups is 1. The summed E-state index contributed by atoms with van der Waals surface area (Å²) in [7, 11) is 3.06. The smallest absolute Gasteiger partial charge is 0.258 e. The molecule has 9 heteroatoms. The standard InChI is InChI=1S/C22H22N4O4S/c1-29-18-10-15-17(11-19(18)30-2)25-20(26-22(15)28)12-31-8-7-24-21(27)14-3-4-16-13(9-14)5-6-23-16/h3-6,9-11,23H,7-8,12H2,1-2H3,(H,24,27)(H,25,26,28). The molecule has 0 fully saturated rings. The molecule has 160 valence electrons. The number of nitrogens with zero attached hydrogens (tertiary/aromatic N) is 1. The normalized spacial score (nSPS) is 11.0. The molecule has 0 saturated heterocycles. The van der Waals surface area contributed by atoms with Crippen LogP contribution in [0.4, 0.5) is 0 Å². The van der Waals surface area contributed by atoms with Crippen LogP contribution in [0, 0.1) is 0 Å². The summed E-state index contributed by atoms with van der Waals surface area (Å²) in [4.78, 5) is 35.2. The van der Waals surface area contributed by atoms with Crippen molar-refractivity contribution >= 4 is 39.5 Å². The van der Waals surface area contributed by atoms with Crippen LogP contribution in [0.5, 0.6) is 11.5 Å². The number of H-pyrrole nitrogens is 2. The number of amides is 1. The lowest BCUT2D eigenvalue weighted by Gasteiger charge is -2.09. The van der Waals surface area contributed by atoms with Crippen LogP contribution in [0.15, 0.2) is 47.4 Å². The highest BCUT2D eigenvalue weighted by Gasteiger charge is 2.11.